The molecule has 0 spiro atoms. The van der Waals surface area contributed by atoms with E-state index in [1.54, 1.807) is 0 Å². The van der Waals surface area contributed by atoms with E-state index in [0.29, 0.717) is 12.8 Å². The van der Waals surface area contributed by atoms with Gasteiger partial charge in [-0.2, -0.15) is 8.42 Å². The smallest absolute Gasteiger partial charge is 0.394 e. The lowest BCUT2D eigenvalue weighted by molar-refractivity contribution is -0.298. The Morgan fingerprint density at radius 3 is 1.56 bits per heavy atom. The number of unbranched alkanes of at least 4 members (excludes halogenated alkanes) is 26. The summed E-state index contributed by atoms with van der Waals surface area (Å²) in [5, 5.41) is 44.7. The summed E-state index contributed by atoms with van der Waals surface area (Å²) in [5.74, 6) is -0.236. The van der Waals surface area contributed by atoms with Gasteiger partial charge in [0, 0.05) is 6.42 Å². The summed E-state index contributed by atoms with van der Waals surface area (Å²) in [6, 6.07) is -0.857. The van der Waals surface area contributed by atoms with Gasteiger partial charge in [0.2, 0.25) is 5.91 Å². The van der Waals surface area contributed by atoms with Gasteiger partial charge in [-0.25, -0.2) is 4.18 Å². The number of carbonyl (C=O) groups is 1. The van der Waals surface area contributed by atoms with E-state index in [4.69, 9.17) is 9.47 Å². The fraction of sp³-hybridized carbons (Fsp3) is 0.896. The van der Waals surface area contributed by atoms with Gasteiger partial charge < -0.3 is 35.2 Å². The summed E-state index contributed by atoms with van der Waals surface area (Å²) in [7, 11) is -5.07. The van der Waals surface area contributed by atoms with E-state index in [1.165, 1.54) is 128 Å². The highest BCUT2D eigenvalue weighted by Gasteiger charge is 2.48. The van der Waals surface area contributed by atoms with Gasteiger partial charge in [-0.05, 0) is 44.9 Å². The lowest BCUT2D eigenvalue weighted by Crippen LogP contribution is -2.61. The van der Waals surface area contributed by atoms with Crippen molar-refractivity contribution < 1.29 is 51.8 Å². The Kier molecular flexibility index (Phi) is 36.8. The molecule has 6 N–H and O–H groups in total. The number of allylic oxidation sites excluding steroid dienone is 4. The average molecular weight is 890 g/mol. The monoisotopic (exact) mass is 890 g/mol. The molecular formula is C48H91NO11S. The van der Waals surface area contributed by atoms with E-state index in [9.17, 15) is 38.2 Å². The second-order valence-corrected chi connectivity index (χ2v) is 18.5. The highest BCUT2D eigenvalue weighted by atomic mass is 32.3. The molecular weight excluding hydrogens is 799 g/mol. The van der Waals surface area contributed by atoms with Crippen molar-refractivity contribution in [2.75, 3.05) is 13.2 Å². The highest BCUT2D eigenvalue weighted by Crippen LogP contribution is 2.26. The average Bonchev–Trinajstić information content (AvgIpc) is 3.23. The molecule has 1 heterocycles. The first-order chi connectivity index (χ1) is 29.5. The van der Waals surface area contributed by atoms with Gasteiger partial charge in [0.25, 0.3) is 0 Å². The molecule has 12 nitrogen and oxygen atoms in total. The fourth-order valence-electron chi connectivity index (χ4n) is 7.90. The van der Waals surface area contributed by atoms with E-state index in [1.807, 2.05) is 0 Å². The molecule has 61 heavy (non-hydrogen) atoms. The normalized spacial score (nSPS) is 20.8. The summed E-state index contributed by atoms with van der Waals surface area (Å²) in [6.07, 6.45) is 36.3. The van der Waals surface area contributed by atoms with Crippen molar-refractivity contribution in [1.29, 1.82) is 0 Å². The van der Waals surface area contributed by atoms with Crippen molar-refractivity contribution in [3.05, 3.63) is 24.3 Å². The number of hydrogen-bond acceptors (Lipinski definition) is 10. The van der Waals surface area contributed by atoms with E-state index < -0.39 is 59.9 Å². The molecule has 1 saturated heterocycles. The number of aliphatic hydroxyl groups is 4. The molecule has 7 unspecified atom stereocenters. The minimum Gasteiger partial charge on any atom is -0.394 e. The van der Waals surface area contributed by atoms with Crippen LogP contribution in [0.5, 0.6) is 0 Å². The van der Waals surface area contributed by atoms with Crippen LogP contribution in [-0.2, 0) is 28.9 Å². The third-order valence-corrected chi connectivity index (χ3v) is 12.2. The fourth-order valence-corrected chi connectivity index (χ4v) is 8.41. The number of nitrogens with one attached hydrogen (secondary N) is 1. The minimum atomic E-state index is -5.07. The van der Waals surface area contributed by atoms with Crippen molar-refractivity contribution >= 4 is 16.3 Å². The molecule has 1 aliphatic heterocycles. The Labute approximate surface area is 372 Å². The van der Waals surface area contributed by atoms with Crippen molar-refractivity contribution in [3.8, 4) is 0 Å². The Balaban J connectivity index is 2.34. The van der Waals surface area contributed by atoms with Gasteiger partial charge in [0.05, 0.1) is 25.4 Å². The summed E-state index contributed by atoms with van der Waals surface area (Å²) in [6.45, 7) is 3.42. The maximum absolute atomic E-state index is 13.0. The second-order valence-electron chi connectivity index (χ2n) is 17.4. The van der Waals surface area contributed by atoms with Gasteiger partial charge in [0.15, 0.2) is 6.29 Å². The Hall–Kier alpha value is -1.42. The molecule has 0 bridgehead atoms. The van der Waals surface area contributed by atoms with Gasteiger partial charge in [-0.1, -0.05) is 192 Å². The first kappa shape index (κ1) is 57.6. The largest absolute Gasteiger partial charge is 0.397 e. The van der Waals surface area contributed by atoms with Crippen LogP contribution in [0.4, 0.5) is 0 Å². The second kappa shape index (κ2) is 39.0. The third-order valence-electron chi connectivity index (χ3n) is 11.8. The van der Waals surface area contributed by atoms with Crippen LogP contribution in [0.25, 0.3) is 0 Å². The number of ether oxygens (including phenoxy) is 2. The number of aliphatic hydroxyl groups excluding tert-OH is 4. The molecule has 13 heteroatoms. The van der Waals surface area contributed by atoms with Crippen LogP contribution in [0.1, 0.15) is 219 Å². The molecule has 1 rings (SSSR count). The third kappa shape index (κ3) is 32.0. The van der Waals surface area contributed by atoms with Crippen LogP contribution in [0.15, 0.2) is 24.3 Å². The Morgan fingerprint density at radius 1 is 0.656 bits per heavy atom. The summed E-state index contributed by atoms with van der Waals surface area (Å²) >= 11 is 0. The molecule has 1 aliphatic rings. The summed E-state index contributed by atoms with van der Waals surface area (Å²) in [4.78, 5) is 13.0. The molecule has 0 aromatic rings. The first-order valence-corrected chi connectivity index (χ1v) is 26.1. The van der Waals surface area contributed by atoms with Crippen molar-refractivity contribution in [2.24, 2.45) is 0 Å². The minimum absolute atomic E-state index is 0.236. The van der Waals surface area contributed by atoms with Gasteiger partial charge >= 0.3 is 10.4 Å². The topological polar surface area (TPSA) is 192 Å². The zero-order valence-corrected chi connectivity index (χ0v) is 39.3. The number of rotatable bonds is 42. The number of hydrogen-bond donors (Lipinski definition) is 6. The summed E-state index contributed by atoms with van der Waals surface area (Å²) in [5.41, 5.74) is 0. The maximum Gasteiger partial charge on any atom is 0.397 e. The Bertz CT molecular complexity index is 1190. The maximum atomic E-state index is 13.0. The Morgan fingerprint density at radius 2 is 1.10 bits per heavy atom. The summed E-state index contributed by atoms with van der Waals surface area (Å²) < 4.78 is 47.6. The molecule has 0 aliphatic carbocycles. The number of amides is 1. The van der Waals surface area contributed by atoms with Crippen LogP contribution in [0, 0.1) is 0 Å². The zero-order chi connectivity index (χ0) is 44.8. The van der Waals surface area contributed by atoms with Crippen LogP contribution >= 0.6 is 0 Å². The van der Waals surface area contributed by atoms with Crippen LogP contribution in [0.3, 0.4) is 0 Å². The first-order valence-electron chi connectivity index (χ1n) is 24.7. The zero-order valence-electron chi connectivity index (χ0n) is 38.5. The molecule has 7 atom stereocenters. The molecule has 0 saturated carbocycles. The van der Waals surface area contributed by atoms with E-state index in [-0.39, 0.29) is 18.9 Å². The van der Waals surface area contributed by atoms with Gasteiger partial charge in [-0.3, -0.25) is 9.35 Å². The molecule has 0 aromatic carbocycles. The van der Waals surface area contributed by atoms with Crippen molar-refractivity contribution in [3.63, 3.8) is 0 Å². The van der Waals surface area contributed by atoms with Crippen molar-refractivity contribution in [1.82, 2.24) is 5.32 Å². The van der Waals surface area contributed by atoms with Gasteiger partial charge in [0.1, 0.15) is 24.4 Å². The molecule has 1 amide bonds. The van der Waals surface area contributed by atoms with E-state index >= 15 is 0 Å². The van der Waals surface area contributed by atoms with Crippen LogP contribution < -0.4 is 5.32 Å². The highest BCUT2D eigenvalue weighted by molar-refractivity contribution is 7.80. The van der Waals surface area contributed by atoms with Gasteiger partial charge in [-0.15, -0.1) is 0 Å². The molecule has 360 valence electrons. The van der Waals surface area contributed by atoms with Crippen LogP contribution in [-0.4, -0.2) is 95.4 Å². The van der Waals surface area contributed by atoms with Crippen LogP contribution in [0.2, 0.25) is 0 Å². The van der Waals surface area contributed by atoms with E-state index in [2.05, 4.69) is 47.7 Å². The predicted octanol–water partition coefficient (Wildman–Crippen LogP) is 10.1. The number of carbonyl (C=O) groups excluding carboxylic acids is 1. The lowest BCUT2D eigenvalue weighted by atomic mass is 9.99. The predicted molar refractivity (Wildman–Crippen MR) is 245 cm³/mol. The molecule has 0 aromatic heterocycles. The van der Waals surface area contributed by atoms with E-state index in [0.717, 1.165) is 57.8 Å². The lowest BCUT2D eigenvalue weighted by Gasteiger charge is -2.41. The van der Waals surface area contributed by atoms with Crippen molar-refractivity contribution in [2.45, 2.75) is 262 Å². The molecule has 0 radical (unpaired) electrons. The molecule has 1 fully saturated rings. The quantitative estimate of drug-likeness (QED) is 0.0194. The standard InChI is InChI=1S/C48H91NO11S/c1-3-5-7-9-11-13-14-15-16-17-18-19-20-21-22-23-24-25-26-27-28-30-32-34-36-38-44(52)49-41(42(51)37-35-33-31-29-12-10-8-6-4-2)40-58-48-46(54)47(60-61(55,56)57)45(53)43(39-50)59-48/h18-19,21-22,41-43,45-48,50-51,53-54H,3-17,20,23-40H2,1-2H3,(H,49,52)(H,55,56,57)/b19-18-,22-21-. The SMILES string of the molecule is CCCCCCCCCCC/C=C\C/C=C\CCCCCCCCCCCC(=O)NC(COC1OC(CO)C(O)C(OS(=O)(=O)O)C1O)C(O)CCCCCCCCCCC.